The fourth-order valence-electron chi connectivity index (χ4n) is 5.88. The minimum atomic E-state index is -1.15. The molecule has 2 saturated heterocycles. The minimum Gasteiger partial charge on any atom is -0.497 e. The molecule has 2 aliphatic heterocycles. The zero-order valence-electron chi connectivity index (χ0n) is 23.4. The van der Waals surface area contributed by atoms with E-state index in [0.29, 0.717) is 43.9 Å². The van der Waals surface area contributed by atoms with Gasteiger partial charge in [0.15, 0.2) is 0 Å². The molecule has 40 heavy (non-hydrogen) atoms. The van der Waals surface area contributed by atoms with E-state index in [1.807, 2.05) is 48.8 Å². The number of fused-ring (bicyclic) bond motifs is 1. The molecule has 0 aliphatic carbocycles. The van der Waals surface area contributed by atoms with Crippen LogP contribution in [0.2, 0.25) is 0 Å². The predicted octanol–water partition coefficient (Wildman–Crippen LogP) is 5.13. The number of pyridine rings is 2. The Balaban J connectivity index is 1.24. The Morgan fingerprint density at radius 3 is 2.65 bits per heavy atom. The van der Waals surface area contributed by atoms with E-state index in [4.69, 9.17) is 9.47 Å². The van der Waals surface area contributed by atoms with Crippen LogP contribution in [-0.2, 0) is 11.3 Å². The normalized spacial score (nSPS) is 19.1. The number of alkyl halides is 1. The molecule has 0 radical (unpaired) electrons. The Morgan fingerprint density at radius 1 is 1.10 bits per heavy atom. The standard InChI is InChI=1S/C31H41FN4O3S/c1-38-25-5-6-28-26(20-25)30(24(21-34-28)22-36-14-17-39-18-15-36)27(32)7-8-31(23-37)9-12-35(13-10-31)16-19-40-29-4-2-3-11-33-29/h2-6,11,20-21,27,37H,7-10,12-19,22-23H2,1H3/t27-/m0/s1. The molecule has 0 spiro atoms. The van der Waals surface area contributed by atoms with Crippen molar-refractivity contribution in [3.05, 3.63) is 59.9 Å². The van der Waals surface area contributed by atoms with Crippen molar-refractivity contribution in [2.75, 3.05) is 65.4 Å². The highest BCUT2D eigenvalue weighted by atomic mass is 32.2. The number of hydrogen-bond acceptors (Lipinski definition) is 8. The smallest absolute Gasteiger partial charge is 0.126 e. The summed E-state index contributed by atoms with van der Waals surface area (Å²) in [6.07, 6.45) is 5.33. The lowest BCUT2D eigenvalue weighted by atomic mass is 9.74. The van der Waals surface area contributed by atoms with Crippen molar-refractivity contribution in [3.63, 3.8) is 0 Å². The number of nitrogens with zero attached hydrogens (tertiary/aromatic N) is 4. The van der Waals surface area contributed by atoms with Crippen molar-refractivity contribution in [2.24, 2.45) is 5.41 Å². The summed E-state index contributed by atoms with van der Waals surface area (Å²) in [5, 5.41) is 12.3. The van der Waals surface area contributed by atoms with Gasteiger partial charge in [-0.1, -0.05) is 6.07 Å². The van der Waals surface area contributed by atoms with Gasteiger partial charge in [-0.2, -0.15) is 0 Å². The van der Waals surface area contributed by atoms with Crippen LogP contribution < -0.4 is 4.74 Å². The number of methoxy groups -OCH3 is 1. The molecule has 7 nitrogen and oxygen atoms in total. The van der Waals surface area contributed by atoms with Crippen molar-refractivity contribution in [3.8, 4) is 5.75 Å². The molecule has 0 amide bonds. The molecule has 216 valence electrons. The molecule has 1 atom stereocenters. The van der Waals surface area contributed by atoms with E-state index in [1.54, 1.807) is 18.9 Å². The minimum absolute atomic E-state index is 0.0990. The summed E-state index contributed by atoms with van der Waals surface area (Å²) in [6.45, 7) is 6.65. The molecule has 9 heteroatoms. The first kappa shape index (κ1) is 29.2. The number of hydrogen-bond donors (Lipinski definition) is 1. The average molecular weight is 569 g/mol. The number of morpholine rings is 1. The Labute approximate surface area is 241 Å². The van der Waals surface area contributed by atoms with Crippen LogP contribution in [0.3, 0.4) is 0 Å². The summed E-state index contributed by atoms with van der Waals surface area (Å²) in [7, 11) is 1.63. The number of halogens is 1. The van der Waals surface area contributed by atoms with E-state index in [9.17, 15) is 5.11 Å². The van der Waals surface area contributed by atoms with Gasteiger partial charge in [0.25, 0.3) is 0 Å². The molecule has 3 aromatic rings. The largest absolute Gasteiger partial charge is 0.497 e. The first-order valence-electron chi connectivity index (χ1n) is 14.4. The van der Waals surface area contributed by atoms with Crippen molar-refractivity contribution >= 4 is 22.7 Å². The number of aliphatic hydroxyl groups is 1. The molecule has 0 bridgehead atoms. The molecule has 0 saturated carbocycles. The van der Waals surface area contributed by atoms with Crippen molar-refractivity contribution in [1.82, 2.24) is 19.8 Å². The van der Waals surface area contributed by atoms with E-state index < -0.39 is 6.17 Å². The van der Waals surface area contributed by atoms with Crippen LogP contribution in [0.15, 0.2) is 53.8 Å². The van der Waals surface area contributed by atoms with Gasteiger partial charge >= 0.3 is 0 Å². The zero-order chi connectivity index (χ0) is 27.8. The number of rotatable bonds is 12. The first-order chi connectivity index (χ1) is 19.6. The molecule has 2 fully saturated rings. The molecule has 5 rings (SSSR count). The van der Waals surface area contributed by atoms with Crippen LogP contribution in [0, 0.1) is 5.41 Å². The molecule has 2 aliphatic rings. The van der Waals surface area contributed by atoms with Gasteiger partial charge in [-0.25, -0.2) is 9.37 Å². The van der Waals surface area contributed by atoms with E-state index >= 15 is 4.39 Å². The summed E-state index contributed by atoms with van der Waals surface area (Å²) < 4.78 is 27.4. The second-order valence-corrected chi connectivity index (χ2v) is 12.1. The van der Waals surface area contributed by atoms with Gasteiger partial charge < -0.3 is 19.5 Å². The predicted molar refractivity (Wildman–Crippen MR) is 158 cm³/mol. The van der Waals surface area contributed by atoms with Crippen molar-refractivity contribution in [1.29, 1.82) is 0 Å². The summed E-state index contributed by atoms with van der Waals surface area (Å²) >= 11 is 1.77. The zero-order valence-corrected chi connectivity index (χ0v) is 24.3. The fourth-order valence-corrected chi connectivity index (χ4v) is 6.75. The van der Waals surface area contributed by atoms with Crippen LogP contribution in [0.4, 0.5) is 4.39 Å². The number of ether oxygens (including phenoxy) is 2. The third-order valence-corrected chi connectivity index (χ3v) is 9.41. The van der Waals surface area contributed by atoms with Crippen molar-refractivity contribution in [2.45, 2.75) is 43.4 Å². The summed E-state index contributed by atoms with van der Waals surface area (Å²) in [6, 6.07) is 11.7. The summed E-state index contributed by atoms with van der Waals surface area (Å²) in [4.78, 5) is 13.8. The lowest BCUT2D eigenvalue weighted by Crippen LogP contribution is -2.43. The average Bonchev–Trinajstić information content (AvgIpc) is 3.01. The quantitative estimate of drug-likeness (QED) is 0.302. The van der Waals surface area contributed by atoms with E-state index in [0.717, 1.165) is 72.8 Å². The van der Waals surface area contributed by atoms with E-state index in [2.05, 4.69) is 19.8 Å². The van der Waals surface area contributed by atoms with E-state index in [1.165, 1.54) is 0 Å². The third kappa shape index (κ3) is 7.31. The van der Waals surface area contributed by atoms with E-state index in [-0.39, 0.29) is 12.0 Å². The SMILES string of the molecule is COc1ccc2ncc(CN3CCOCC3)c([C@@H](F)CCC3(CO)CCN(CCSc4ccccn4)CC3)c2c1. The first-order valence-corrected chi connectivity index (χ1v) is 15.3. The number of benzene rings is 1. The topological polar surface area (TPSA) is 71.0 Å². The molecule has 1 aromatic carbocycles. The number of likely N-dealkylation sites (tertiary alicyclic amines) is 1. The van der Waals surface area contributed by atoms with Gasteiger partial charge in [0.05, 0.1) is 30.9 Å². The lowest BCUT2D eigenvalue weighted by Gasteiger charge is -2.41. The number of thioether (sulfide) groups is 1. The lowest BCUT2D eigenvalue weighted by molar-refractivity contribution is 0.0311. The fraction of sp³-hybridized carbons (Fsp3) is 0.548. The van der Waals surface area contributed by atoms with Crippen LogP contribution >= 0.6 is 11.8 Å². The second kappa shape index (κ2) is 14.0. The van der Waals surface area contributed by atoms with Crippen molar-refractivity contribution < 1.29 is 19.0 Å². The summed E-state index contributed by atoms with van der Waals surface area (Å²) in [5.41, 5.74) is 2.18. The molecular formula is C31H41FN4O3S. The number of piperidine rings is 1. The Morgan fingerprint density at radius 2 is 1.93 bits per heavy atom. The number of aromatic nitrogens is 2. The Bertz CT molecular complexity index is 1220. The van der Waals surface area contributed by atoms with Gasteiger partial charge in [-0.05, 0) is 80.1 Å². The third-order valence-electron chi connectivity index (χ3n) is 8.49. The van der Waals surface area contributed by atoms with Crippen LogP contribution in [0.25, 0.3) is 10.9 Å². The van der Waals surface area contributed by atoms with Gasteiger partial charge in [0.2, 0.25) is 0 Å². The highest BCUT2D eigenvalue weighted by Gasteiger charge is 2.35. The van der Waals surface area contributed by atoms with Gasteiger partial charge in [-0.15, -0.1) is 11.8 Å². The molecule has 0 unspecified atom stereocenters. The van der Waals surface area contributed by atoms with Gasteiger partial charge in [0, 0.05) is 61.9 Å². The Kier molecular flexibility index (Phi) is 10.3. The summed E-state index contributed by atoms with van der Waals surface area (Å²) in [5.74, 6) is 1.69. The maximum atomic E-state index is 16.4. The molecule has 4 heterocycles. The van der Waals surface area contributed by atoms with Gasteiger partial charge in [0.1, 0.15) is 11.9 Å². The highest BCUT2D eigenvalue weighted by Crippen LogP contribution is 2.41. The highest BCUT2D eigenvalue weighted by molar-refractivity contribution is 7.99. The van der Waals surface area contributed by atoms with Gasteiger partial charge in [-0.3, -0.25) is 9.88 Å². The molecule has 1 N–H and O–H groups in total. The maximum absolute atomic E-state index is 16.4. The maximum Gasteiger partial charge on any atom is 0.126 e. The van der Waals surface area contributed by atoms with Crippen LogP contribution in [0.1, 0.15) is 43.0 Å². The monoisotopic (exact) mass is 568 g/mol. The van der Waals surface area contributed by atoms with Crippen LogP contribution in [0.5, 0.6) is 5.75 Å². The molecule has 2 aromatic heterocycles. The van der Waals surface area contributed by atoms with Crippen LogP contribution in [-0.4, -0.2) is 90.3 Å². The second-order valence-electron chi connectivity index (χ2n) is 11.0. The number of aliphatic hydroxyl groups excluding tert-OH is 1. The molecular weight excluding hydrogens is 527 g/mol. The Hall–Kier alpha value is -2.30.